The summed E-state index contributed by atoms with van der Waals surface area (Å²) in [5.41, 5.74) is 0.388. The molecule has 1 aliphatic rings. The lowest BCUT2D eigenvalue weighted by molar-refractivity contribution is 0.0150. The van der Waals surface area contributed by atoms with E-state index in [1.807, 2.05) is 0 Å². The highest BCUT2D eigenvalue weighted by atomic mass is 16.3. The van der Waals surface area contributed by atoms with Crippen LogP contribution < -0.4 is 0 Å². The van der Waals surface area contributed by atoms with Crippen molar-refractivity contribution in [1.29, 1.82) is 0 Å². The van der Waals surface area contributed by atoms with Crippen LogP contribution in [0.15, 0.2) is 0 Å². The predicted molar refractivity (Wildman–Crippen MR) is 53.4 cm³/mol. The standard InChI is InChI=1S/C11H22O2/c1-11(2)6-5-10(13)9(8-11)4-3-7-12/h9-10,12-13H,3-8H2,1-2H3. The van der Waals surface area contributed by atoms with Crippen molar-refractivity contribution in [2.75, 3.05) is 6.61 Å². The molecule has 2 N–H and O–H groups in total. The summed E-state index contributed by atoms with van der Waals surface area (Å²) < 4.78 is 0. The van der Waals surface area contributed by atoms with Crippen molar-refractivity contribution in [3.05, 3.63) is 0 Å². The van der Waals surface area contributed by atoms with Crippen LogP contribution in [0.3, 0.4) is 0 Å². The van der Waals surface area contributed by atoms with Gasteiger partial charge in [0, 0.05) is 6.61 Å². The Morgan fingerprint density at radius 1 is 1.38 bits per heavy atom. The molecule has 2 atom stereocenters. The van der Waals surface area contributed by atoms with Crippen molar-refractivity contribution in [3.8, 4) is 0 Å². The Morgan fingerprint density at radius 2 is 2.08 bits per heavy atom. The molecule has 0 spiro atoms. The average molecular weight is 186 g/mol. The zero-order chi connectivity index (χ0) is 9.90. The molecular formula is C11H22O2. The summed E-state index contributed by atoms with van der Waals surface area (Å²) in [6, 6.07) is 0. The molecule has 1 rings (SSSR count). The van der Waals surface area contributed by atoms with Gasteiger partial charge in [-0.3, -0.25) is 0 Å². The molecule has 0 amide bonds. The molecule has 0 bridgehead atoms. The molecule has 0 aromatic carbocycles. The van der Waals surface area contributed by atoms with Crippen LogP contribution in [0.4, 0.5) is 0 Å². The normalized spacial score (nSPS) is 33.2. The monoisotopic (exact) mass is 186 g/mol. The van der Waals surface area contributed by atoms with Crippen LogP contribution in [0.5, 0.6) is 0 Å². The van der Waals surface area contributed by atoms with Crippen LogP contribution in [0.1, 0.15) is 46.0 Å². The second-order valence-corrected chi connectivity index (χ2v) is 5.10. The molecule has 0 aromatic heterocycles. The highest BCUT2D eigenvalue weighted by molar-refractivity contribution is 4.84. The van der Waals surface area contributed by atoms with Gasteiger partial charge in [-0.25, -0.2) is 0 Å². The average Bonchev–Trinajstić information content (AvgIpc) is 2.07. The Labute approximate surface area is 81.0 Å². The largest absolute Gasteiger partial charge is 0.396 e. The molecule has 0 radical (unpaired) electrons. The maximum atomic E-state index is 9.75. The van der Waals surface area contributed by atoms with E-state index in [0.717, 1.165) is 32.1 Å². The summed E-state index contributed by atoms with van der Waals surface area (Å²) in [5.74, 6) is 0.413. The molecule has 1 fully saturated rings. The summed E-state index contributed by atoms with van der Waals surface area (Å²) in [6.07, 6.45) is 4.85. The Bertz CT molecular complexity index is 154. The highest BCUT2D eigenvalue weighted by Gasteiger charge is 2.33. The molecule has 1 saturated carbocycles. The fourth-order valence-electron chi connectivity index (χ4n) is 2.37. The Morgan fingerprint density at radius 3 is 2.69 bits per heavy atom. The van der Waals surface area contributed by atoms with Gasteiger partial charge in [-0.05, 0) is 43.4 Å². The van der Waals surface area contributed by atoms with Crippen LogP contribution in [-0.4, -0.2) is 22.9 Å². The van der Waals surface area contributed by atoms with Gasteiger partial charge >= 0.3 is 0 Å². The quantitative estimate of drug-likeness (QED) is 0.707. The smallest absolute Gasteiger partial charge is 0.0568 e. The van der Waals surface area contributed by atoms with E-state index in [4.69, 9.17) is 5.11 Å². The van der Waals surface area contributed by atoms with Gasteiger partial charge in [0.05, 0.1) is 6.10 Å². The lowest BCUT2D eigenvalue weighted by Gasteiger charge is -2.38. The summed E-state index contributed by atoms with van der Waals surface area (Å²) >= 11 is 0. The second-order valence-electron chi connectivity index (χ2n) is 5.10. The molecule has 2 heteroatoms. The molecule has 13 heavy (non-hydrogen) atoms. The van der Waals surface area contributed by atoms with Crippen LogP contribution >= 0.6 is 0 Å². The first-order valence-electron chi connectivity index (χ1n) is 5.34. The second kappa shape index (κ2) is 4.43. The Balaban J connectivity index is 2.41. The number of rotatable bonds is 3. The van der Waals surface area contributed by atoms with Crippen LogP contribution in [0, 0.1) is 11.3 Å². The third kappa shape index (κ3) is 3.28. The van der Waals surface area contributed by atoms with Crippen LogP contribution in [0.25, 0.3) is 0 Å². The summed E-state index contributed by atoms with van der Waals surface area (Å²) in [5, 5.41) is 18.5. The minimum absolute atomic E-state index is 0.125. The van der Waals surface area contributed by atoms with Gasteiger partial charge in [-0.1, -0.05) is 13.8 Å². The lowest BCUT2D eigenvalue weighted by atomic mass is 9.69. The van der Waals surface area contributed by atoms with E-state index in [1.54, 1.807) is 0 Å². The summed E-state index contributed by atoms with van der Waals surface area (Å²) in [6.45, 7) is 4.79. The third-order valence-electron chi connectivity index (χ3n) is 3.21. The van der Waals surface area contributed by atoms with E-state index < -0.39 is 0 Å². The molecule has 2 unspecified atom stereocenters. The van der Waals surface area contributed by atoms with Crippen molar-refractivity contribution in [1.82, 2.24) is 0 Å². The van der Waals surface area contributed by atoms with E-state index >= 15 is 0 Å². The van der Waals surface area contributed by atoms with Crippen molar-refractivity contribution in [2.24, 2.45) is 11.3 Å². The molecule has 0 aliphatic heterocycles. The van der Waals surface area contributed by atoms with Gasteiger partial charge in [-0.2, -0.15) is 0 Å². The zero-order valence-corrected chi connectivity index (χ0v) is 8.79. The number of hydrogen-bond donors (Lipinski definition) is 2. The first-order chi connectivity index (χ1) is 6.05. The van der Waals surface area contributed by atoms with Gasteiger partial charge in [0.1, 0.15) is 0 Å². The van der Waals surface area contributed by atoms with Crippen LogP contribution in [0.2, 0.25) is 0 Å². The number of hydrogen-bond acceptors (Lipinski definition) is 2. The molecule has 0 saturated heterocycles. The number of aliphatic hydroxyl groups excluding tert-OH is 2. The lowest BCUT2D eigenvalue weighted by Crippen LogP contribution is -2.33. The third-order valence-corrected chi connectivity index (χ3v) is 3.21. The summed E-state index contributed by atoms with van der Waals surface area (Å²) in [7, 11) is 0. The van der Waals surface area contributed by atoms with E-state index in [0.29, 0.717) is 11.3 Å². The fraction of sp³-hybridized carbons (Fsp3) is 1.00. The van der Waals surface area contributed by atoms with Crippen molar-refractivity contribution < 1.29 is 10.2 Å². The number of aliphatic hydroxyl groups is 2. The topological polar surface area (TPSA) is 40.5 Å². The van der Waals surface area contributed by atoms with Crippen molar-refractivity contribution >= 4 is 0 Å². The van der Waals surface area contributed by atoms with Crippen LogP contribution in [-0.2, 0) is 0 Å². The minimum atomic E-state index is -0.125. The van der Waals surface area contributed by atoms with E-state index in [2.05, 4.69) is 13.8 Å². The minimum Gasteiger partial charge on any atom is -0.396 e. The first-order valence-corrected chi connectivity index (χ1v) is 5.34. The SMILES string of the molecule is CC1(C)CCC(O)C(CCCO)C1. The molecular weight excluding hydrogens is 164 g/mol. The zero-order valence-electron chi connectivity index (χ0n) is 8.79. The molecule has 0 heterocycles. The van der Waals surface area contributed by atoms with E-state index in [-0.39, 0.29) is 12.7 Å². The molecule has 1 aliphatic carbocycles. The fourth-order valence-corrected chi connectivity index (χ4v) is 2.37. The maximum absolute atomic E-state index is 9.75. The Hall–Kier alpha value is -0.0800. The van der Waals surface area contributed by atoms with Gasteiger partial charge in [0.15, 0.2) is 0 Å². The molecule has 78 valence electrons. The van der Waals surface area contributed by atoms with Gasteiger partial charge < -0.3 is 10.2 Å². The highest BCUT2D eigenvalue weighted by Crippen LogP contribution is 2.40. The van der Waals surface area contributed by atoms with Crippen molar-refractivity contribution in [2.45, 2.75) is 52.1 Å². The summed E-state index contributed by atoms with van der Waals surface area (Å²) in [4.78, 5) is 0. The van der Waals surface area contributed by atoms with E-state index in [9.17, 15) is 5.11 Å². The molecule has 0 aromatic rings. The predicted octanol–water partition coefficient (Wildman–Crippen LogP) is 1.95. The molecule has 2 nitrogen and oxygen atoms in total. The van der Waals surface area contributed by atoms with Gasteiger partial charge in [0.2, 0.25) is 0 Å². The Kier molecular flexibility index (Phi) is 3.74. The van der Waals surface area contributed by atoms with Crippen molar-refractivity contribution in [3.63, 3.8) is 0 Å². The maximum Gasteiger partial charge on any atom is 0.0568 e. The van der Waals surface area contributed by atoms with E-state index in [1.165, 1.54) is 0 Å². The van der Waals surface area contributed by atoms with Gasteiger partial charge in [-0.15, -0.1) is 0 Å². The van der Waals surface area contributed by atoms with Gasteiger partial charge in [0.25, 0.3) is 0 Å². The first kappa shape index (κ1) is 11.0.